The highest BCUT2D eigenvalue weighted by Gasteiger charge is 2.26. The molecule has 0 saturated carbocycles. The lowest BCUT2D eigenvalue weighted by molar-refractivity contribution is 0.229. The van der Waals surface area contributed by atoms with Gasteiger partial charge in [0.15, 0.2) is 0 Å². The molecule has 1 aliphatic carbocycles. The summed E-state index contributed by atoms with van der Waals surface area (Å²) in [5, 5.41) is 0. The third-order valence-corrected chi connectivity index (χ3v) is 2.97. The van der Waals surface area contributed by atoms with Gasteiger partial charge < -0.3 is 0 Å². The Labute approximate surface area is 77.1 Å². The molecule has 0 spiro atoms. The monoisotopic (exact) mass is 166 g/mol. The minimum atomic E-state index is 0.605. The van der Waals surface area contributed by atoms with Crippen LogP contribution in [0.4, 0.5) is 0 Å². The van der Waals surface area contributed by atoms with Crippen molar-refractivity contribution >= 4 is 0 Å². The predicted octanol–water partition coefficient (Wildman–Crippen LogP) is 4.17. The lowest BCUT2D eigenvalue weighted by Crippen LogP contribution is -2.20. The van der Waals surface area contributed by atoms with Gasteiger partial charge in [-0.25, -0.2) is 0 Å². The SMILES string of the molecule is CC1=CCC(C)(CC(C)C)CC1. The van der Waals surface area contributed by atoms with E-state index in [1.54, 1.807) is 5.57 Å². The van der Waals surface area contributed by atoms with Gasteiger partial charge in [-0.15, -0.1) is 0 Å². The summed E-state index contributed by atoms with van der Waals surface area (Å²) >= 11 is 0. The van der Waals surface area contributed by atoms with Crippen LogP contribution in [0.1, 0.15) is 53.4 Å². The fourth-order valence-corrected chi connectivity index (χ4v) is 2.29. The number of hydrogen-bond donors (Lipinski definition) is 0. The van der Waals surface area contributed by atoms with Crippen molar-refractivity contribution in [2.75, 3.05) is 0 Å². The molecule has 0 N–H and O–H groups in total. The van der Waals surface area contributed by atoms with E-state index in [9.17, 15) is 0 Å². The van der Waals surface area contributed by atoms with E-state index in [1.807, 2.05) is 0 Å². The molecule has 0 radical (unpaired) electrons. The number of allylic oxidation sites excluding steroid dienone is 2. The molecule has 0 amide bonds. The van der Waals surface area contributed by atoms with Crippen molar-refractivity contribution < 1.29 is 0 Å². The Kier molecular flexibility index (Phi) is 2.98. The maximum atomic E-state index is 2.44. The van der Waals surface area contributed by atoms with E-state index in [-0.39, 0.29) is 0 Å². The third kappa shape index (κ3) is 2.66. The molecule has 0 aromatic carbocycles. The second-order valence-corrected chi connectivity index (χ2v) is 5.16. The predicted molar refractivity (Wildman–Crippen MR) is 55.2 cm³/mol. The van der Waals surface area contributed by atoms with Gasteiger partial charge in [0, 0.05) is 0 Å². The van der Waals surface area contributed by atoms with Crippen LogP contribution in [0.5, 0.6) is 0 Å². The molecule has 0 saturated heterocycles. The summed E-state index contributed by atoms with van der Waals surface area (Å²) in [4.78, 5) is 0. The minimum Gasteiger partial charge on any atom is -0.0851 e. The van der Waals surface area contributed by atoms with Crippen molar-refractivity contribution in [3.8, 4) is 0 Å². The van der Waals surface area contributed by atoms with Crippen LogP contribution in [0.15, 0.2) is 11.6 Å². The zero-order valence-electron chi connectivity index (χ0n) is 8.98. The first-order chi connectivity index (χ1) is 5.52. The second kappa shape index (κ2) is 3.64. The van der Waals surface area contributed by atoms with Gasteiger partial charge in [0.2, 0.25) is 0 Å². The van der Waals surface area contributed by atoms with E-state index in [0.29, 0.717) is 5.41 Å². The van der Waals surface area contributed by atoms with Crippen molar-refractivity contribution in [1.29, 1.82) is 0 Å². The molecule has 0 heteroatoms. The van der Waals surface area contributed by atoms with E-state index in [0.717, 1.165) is 5.92 Å². The largest absolute Gasteiger partial charge is 0.0851 e. The summed E-state index contributed by atoms with van der Waals surface area (Å²) in [5.41, 5.74) is 2.20. The zero-order chi connectivity index (χ0) is 9.19. The average molecular weight is 166 g/mol. The molecule has 0 nitrogen and oxygen atoms in total. The highest BCUT2D eigenvalue weighted by Crippen LogP contribution is 2.39. The molecule has 0 bridgehead atoms. The second-order valence-electron chi connectivity index (χ2n) is 5.16. The number of hydrogen-bond acceptors (Lipinski definition) is 0. The molecule has 0 aromatic heterocycles. The molecule has 12 heavy (non-hydrogen) atoms. The summed E-state index contributed by atoms with van der Waals surface area (Å²) in [7, 11) is 0. The smallest absolute Gasteiger partial charge is 0.0286 e. The standard InChI is InChI=1S/C12H22/c1-10(2)9-12(4)7-5-11(3)6-8-12/h5,10H,6-9H2,1-4H3. The lowest BCUT2D eigenvalue weighted by Gasteiger charge is -2.33. The molecule has 1 rings (SSSR count). The fraction of sp³-hybridized carbons (Fsp3) is 0.833. The topological polar surface area (TPSA) is 0 Å². The maximum absolute atomic E-state index is 2.44. The third-order valence-electron chi connectivity index (χ3n) is 2.97. The fourth-order valence-electron chi connectivity index (χ4n) is 2.29. The van der Waals surface area contributed by atoms with Crippen molar-refractivity contribution in [2.24, 2.45) is 11.3 Å². The molecule has 1 unspecified atom stereocenters. The van der Waals surface area contributed by atoms with Gasteiger partial charge in [-0.3, -0.25) is 0 Å². The Hall–Kier alpha value is -0.260. The van der Waals surface area contributed by atoms with Gasteiger partial charge >= 0.3 is 0 Å². The van der Waals surface area contributed by atoms with Crippen LogP contribution in [0.2, 0.25) is 0 Å². The highest BCUT2D eigenvalue weighted by atomic mass is 14.3. The molecular weight excluding hydrogens is 144 g/mol. The molecule has 1 atom stereocenters. The quantitative estimate of drug-likeness (QED) is 0.540. The van der Waals surface area contributed by atoms with Crippen LogP contribution in [0.3, 0.4) is 0 Å². The van der Waals surface area contributed by atoms with Crippen molar-refractivity contribution in [1.82, 2.24) is 0 Å². The van der Waals surface area contributed by atoms with E-state index < -0.39 is 0 Å². The van der Waals surface area contributed by atoms with E-state index in [2.05, 4.69) is 33.8 Å². The molecule has 1 aliphatic rings. The van der Waals surface area contributed by atoms with Crippen LogP contribution >= 0.6 is 0 Å². The van der Waals surface area contributed by atoms with Crippen molar-refractivity contribution in [3.05, 3.63) is 11.6 Å². The van der Waals surface area contributed by atoms with E-state index in [1.165, 1.54) is 25.7 Å². The molecule has 70 valence electrons. The van der Waals surface area contributed by atoms with Gasteiger partial charge in [0.05, 0.1) is 0 Å². The van der Waals surface area contributed by atoms with Crippen LogP contribution in [-0.4, -0.2) is 0 Å². The van der Waals surface area contributed by atoms with E-state index >= 15 is 0 Å². The van der Waals surface area contributed by atoms with Gasteiger partial charge in [-0.2, -0.15) is 0 Å². The Morgan fingerprint density at radius 3 is 2.58 bits per heavy atom. The minimum absolute atomic E-state index is 0.605. The zero-order valence-corrected chi connectivity index (χ0v) is 8.98. The Balaban J connectivity index is 2.51. The Morgan fingerprint density at radius 1 is 1.50 bits per heavy atom. The van der Waals surface area contributed by atoms with Crippen LogP contribution in [0, 0.1) is 11.3 Å². The Morgan fingerprint density at radius 2 is 2.17 bits per heavy atom. The number of rotatable bonds is 2. The van der Waals surface area contributed by atoms with Crippen LogP contribution < -0.4 is 0 Å². The van der Waals surface area contributed by atoms with Gasteiger partial charge in [0.25, 0.3) is 0 Å². The summed E-state index contributed by atoms with van der Waals surface area (Å²) < 4.78 is 0. The first-order valence-electron chi connectivity index (χ1n) is 5.17. The average Bonchev–Trinajstić information content (AvgIpc) is 1.94. The summed E-state index contributed by atoms with van der Waals surface area (Å²) in [5.74, 6) is 0.849. The molecule has 0 heterocycles. The molecule has 0 fully saturated rings. The molecule has 0 aromatic rings. The van der Waals surface area contributed by atoms with E-state index in [4.69, 9.17) is 0 Å². The van der Waals surface area contributed by atoms with Gasteiger partial charge in [-0.05, 0) is 43.9 Å². The Bertz CT molecular complexity index is 176. The lowest BCUT2D eigenvalue weighted by atomic mass is 9.72. The van der Waals surface area contributed by atoms with Gasteiger partial charge in [-0.1, -0.05) is 32.4 Å². The van der Waals surface area contributed by atoms with Crippen molar-refractivity contribution in [2.45, 2.75) is 53.4 Å². The normalized spacial score (nSPS) is 30.6. The van der Waals surface area contributed by atoms with Gasteiger partial charge in [0.1, 0.15) is 0 Å². The van der Waals surface area contributed by atoms with Crippen molar-refractivity contribution in [3.63, 3.8) is 0 Å². The molecule has 0 aliphatic heterocycles. The maximum Gasteiger partial charge on any atom is -0.0286 e. The summed E-state index contributed by atoms with van der Waals surface area (Å²) in [6.07, 6.45) is 7.84. The molecular formula is C12H22. The van der Waals surface area contributed by atoms with Crippen LogP contribution in [0.25, 0.3) is 0 Å². The summed E-state index contributed by atoms with van der Waals surface area (Å²) in [6.45, 7) is 9.36. The van der Waals surface area contributed by atoms with Crippen LogP contribution in [-0.2, 0) is 0 Å². The highest BCUT2D eigenvalue weighted by molar-refractivity contribution is 5.06. The first-order valence-corrected chi connectivity index (χ1v) is 5.17. The first kappa shape index (κ1) is 9.83. The summed E-state index contributed by atoms with van der Waals surface area (Å²) in [6, 6.07) is 0.